The van der Waals surface area contributed by atoms with Gasteiger partial charge in [0.2, 0.25) is 0 Å². The molecule has 0 aliphatic heterocycles. The maximum absolute atomic E-state index is 12.0. The van der Waals surface area contributed by atoms with Crippen molar-refractivity contribution in [3.63, 3.8) is 0 Å². The lowest BCUT2D eigenvalue weighted by molar-refractivity contribution is -0.123. The summed E-state index contributed by atoms with van der Waals surface area (Å²) >= 11 is 0. The number of alkyl halides is 3. The second kappa shape index (κ2) is 4.12. The molecule has 0 saturated heterocycles. The number of amides is 1. The fraction of sp³-hybridized carbons (Fsp3) is 0.182. The fourth-order valence-electron chi connectivity index (χ4n) is 1.47. The number of fused-ring (bicyclic) bond motifs is 1. The molecule has 17 heavy (non-hydrogen) atoms. The molecular formula is C11H8F3NO2. The summed E-state index contributed by atoms with van der Waals surface area (Å²) in [7, 11) is 0. The van der Waals surface area contributed by atoms with E-state index in [4.69, 9.17) is 4.42 Å². The molecule has 0 bridgehead atoms. The minimum Gasteiger partial charge on any atom is -0.464 e. The largest absolute Gasteiger partial charge is 0.464 e. The van der Waals surface area contributed by atoms with Gasteiger partial charge in [-0.2, -0.15) is 13.2 Å². The zero-order chi connectivity index (χ0) is 12.5. The third kappa shape index (κ3) is 2.58. The van der Waals surface area contributed by atoms with E-state index in [-0.39, 0.29) is 5.56 Å². The van der Waals surface area contributed by atoms with Gasteiger partial charge >= 0.3 is 6.18 Å². The van der Waals surface area contributed by atoms with Crippen LogP contribution in [0.2, 0.25) is 0 Å². The number of hydrogen-bond donors (Lipinski definition) is 1. The van der Waals surface area contributed by atoms with Crippen LogP contribution in [-0.4, -0.2) is 18.6 Å². The third-order valence-corrected chi connectivity index (χ3v) is 2.19. The Morgan fingerprint density at radius 3 is 2.76 bits per heavy atom. The van der Waals surface area contributed by atoms with Crippen LogP contribution in [0.4, 0.5) is 13.2 Å². The van der Waals surface area contributed by atoms with E-state index < -0.39 is 18.6 Å². The zero-order valence-corrected chi connectivity index (χ0v) is 8.54. The predicted octanol–water partition coefficient (Wildman–Crippen LogP) is 2.72. The lowest BCUT2D eigenvalue weighted by Gasteiger charge is -2.08. The quantitative estimate of drug-likeness (QED) is 0.881. The van der Waals surface area contributed by atoms with Gasteiger partial charge in [-0.1, -0.05) is 6.07 Å². The molecule has 90 valence electrons. The van der Waals surface area contributed by atoms with Crippen LogP contribution in [0.3, 0.4) is 0 Å². The molecule has 0 spiro atoms. The van der Waals surface area contributed by atoms with Crippen LogP contribution in [-0.2, 0) is 0 Å². The van der Waals surface area contributed by atoms with E-state index in [0.29, 0.717) is 11.0 Å². The van der Waals surface area contributed by atoms with Crippen molar-refractivity contribution in [2.45, 2.75) is 6.18 Å². The molecule has 1 heterocycles. The number of carbonyl (C=O) groups is 1. The molecule has 0 saturated carbocycles. The minimum absolute atomic E-state index is 0.167. The maximum atomic E-state index is 12.0. The highest BCUT2D eigenvalue weighted by molar-refractivity contribution is 6.05. The van der Waals surface area contributed by atoms with Crippen molar-refractivity contribution in [1.29, 1.82) is 0 Å². The van der Waals surface area contributed by atoms with Crippen LogP contribution in [0.5, 0.6) is 0 Å². The summed E-state index contributed by atoms with van der Waals surface area (Å²) < 4.78 is 40.9. The van der Waals surface area contributed by atoms with Crippen LogP contribution in [0, 0.1) is 0 Å². The molecule has 0 aliphatic rings. The third-order valence-electron chi connectivity index (χ3n) is 2.19. The summed E-state index contributed by atoms with van der Waals surface area (Å²) in [4.78, 5) is 11.6. The summed E-state index contributed by atoms with van der Waals surface area (Å²) in [6.07, 6.45) is -3.04. The van der Waals surface area contributed by atoms with E-state index in [9.17, 15) is 18.0 Å². The summed E-state index contributed by atoms with van der Waals surface area (Å²) in [5, 5.41) is 2.31. The summed E-state index contributed by atoms with van der Waals surface area (Å²) in [5.41, 5.74) is 0.630. The zero-order valence-electron chi connectivity index (χ0n) is 8.54. The van der Waals surface area contributed by atoms with Gasteiger partial charge in [0.1, 0.15) is 12.1 Å². The van der Waals surface area contributed by atoms with Gasteiger partial charge in [-0.15, -0.1) is 0 Å². The van der Waals surface area contributed by atoms with Gasteiger partial charge in [0, 0.05) is 5.39 Å². The number of rotatable bonds is 2. The average Bonchev–Trinajstić information content (AvgIpc) is 2.72. The second-order valence-electron chi connectivity index (χ2n) is 3.44. The second-order valence-corrected chi connectivity index (χ2v) is 3.44. The van der Waals surface area contributed by atoms with Gasteiger partial charge in [-0.25, -0.2) is 0 Å². The molecule has 2 aromatic rings. The van der Waals surface area contributed by atoms with E-state index in [1.165, 1.54) is 18.4 Å². The van der Waals surface area contributed by atoms with Crippen molar-refractivity contribution in [3.05, 3.63) is 36.1 Å². The fourth-order valence-corrected chi connectivity index (χ4v) is 1.47. The summed E-state index contributed by atoms with van der Waals surface area (Å²) in [6, 6.07) is 6.17. The van der Waals surface area contributed by atoms with Gasteiger partial charge in [-0.05, 0) is 18.2 Å². The molecule has 2 rings (SSSR count). The Morgan fingerprint density at radius 1 is 1.29 bits per heavy atom. The molecule has 0 aliphatic carbocycles. The molecule has 0 radical (unpaired) electrons. The van der Waals surface area contributed by atoms with E-state index in [0.717, 1.165) is 0 Å². The molecule has 0 fully saturated rings. The highest BCUT2D eigenvalue weighted by Gasteiger charge is 2.28. The van der Waals surface area contributed by atoms with Crippen LogP contribution in [0.15, 0.2) is 34.9 Å². The Balaban J connectivity index is 2.22. The van der Waals surface area contributed by atoms with Crippen LogP contribution >= 0.6 is 0 Å². The van der Waals surface area contributed by atoms with Crippen LogP contribution < -0.4 is 5.32 Å². The molecular weight excluding hydrogens is 235 g/mol. The molecule has 1 aromatic carbocycles. The van der Waals surface area contributed by atoms with Crippen molar-refractivity contribution in [2.24, 2.45) is 0 Å². The van der Waals surface area contributed by atoms with Gasteiger partial charge in [0.25, 0.3) is 5.91 Å². The van der Waals surface area contributed by atoms with Crippen molar-refractivity contribution in [2.75, 3.05) is 6.54 Å². The Morgan fingerprint density at radius 2 is 2.06 bits per heavy atom. The molecule has 0 unspecified atom stereocenters. The van der Waals surface area contributed by atoms with Crippen LogP contribution in [0.25, 0.3) is 11.0 Å². The van der Waals surface area contributed by atoms with E-state index in [1.807, 2.05) is 5.32 Å². The Bertz CT molecular complexity index is 545. The first kappa shape index (κ1) is 11.5. The number of carbonyl (C=O) groups excluding carboxylic acids is 1. The maximum Gasteiger partial charge on any atom is 0.405 e. The Labute approximate surface area is 94.2 Å². The number of hydrogen-bond acceptors (Lipinski definition) is 2. The first-order valence-electron chi connectivity index (χ1n) is 4.78. The lowest BCUT2D eigenvalue weighted by Crippen LogP contribution is -2.33. The molecule has 1 amide bonds. The standard InChI is InChI=1S/C11H8F3NO2/c12-11(13,14)6-15-10(16)8-2-1-3-9-7(8)4-5-17-9/h1-5H,6H2,(H,15,16). The number of furan rings is 1. The first-order valence-corrected chi connectivity index (χ1v) is 4.78. The molecule has 3 nitrogen and oxygen atoms in total. The Hall–Kier alpha value is -1.98. The molecule has 1 N–H and O–H groups in total. The van der Waals surface area contributed by atoms with E-state index in [1.54, 1.807) is 12.1 Å². The lowest BCUT2D eigenvalue weighted by atomic mass is 10.1. The van der Waals surface area contributed by atoms with Crippen molar-refractivity contribution < 1.29 is 22.4 Å². The monoisotopic (exact) mass is 243 g/mol. The topological polar surface area (TPSA) is 42.2 Å². The van der Waals surface area contributed by atoms with Gasteiger partial charge in [0.05, 0.1) is 11.8 Å². The number of halogens is 3. The molecule has 0 atom stereocenters. The van der Waals surface area contributed by atoms with Gasteiger partial charge in [0.15, 0.2) is 0 Å². The molecule has 1 aromatic heterocycles. The normalized spacial score (nSPS) is 11.7. The smallest absolute Gasteiger partial charge is 0.405 e. The summed E-state index contributed by atoms with van der Waals surface area (Å²) in [6.45, 7) is -1.35. The molecule has 6 heteroatoms. The van der Waals surface area contributed by atoms with Crippen molar-refractivity contribution in [3.8, 4) is 0 Å². The SMILES string of the molecule is O=C(NCC(F)(F)F)c1cccc2occc12. The highest BCUT2D eigenvalue weighted by atomic mass is 19.4. The minimum atomic E-state index is -4.42. The predicted molar refractivity (Wildman–Crippen MR) is 54.6 cm³/mol. The number of nitrogens with one attached hydrogen (secondary N) is 1. The average molecular weight is 243 g/mol. The summed E-state index contributed by atoms with van der Waals surface area (Å²) in [5.74, 6) is -0.769. The van der Waals surface area contributed by atoms with Gasteiger partial charge < -0.3 is 9.73 Å². The van der Waals surface area contributed by atoms with Crippen molar-refractivity contribution in [1.82, 2.24) is 5.32 Å². The van der Waals surface area contributed by atoms with Gasteiger partial charge in [-0.3, -0.25) is 4.79 Å². The van der Waals surface area contributed by atoms with E-state index >= 15 is 0 Å². The van der Waals surface area contributed by atoms with Crippen molar-refractivity contribution >= 4 is 16.9 Å². The number of benzene rings is 1. The first-order chi connectivity index (χ1) is 7.97. The Kier molecular flexibility index (Phi) is 2.79. The van der Waals surface area contributed by atoms with E-state index in [2.05, 4.69) is 0 Å². The van der Waals surface area contributed by atoms with Crippen LogP contribution in [0.1, 0.15) is 10.4 Å². The highest BCUT2D eigenvalue weighted by Crippen LogP contribution is 2.20.